The number of aromatic carboxylic acids is 1. The molecule has 0 spiro atoms. The van der Waals surface area contributed by atoms with E-state index in [4.69, 9.17) is 9.84 Å². The first-order chi connectivity index (χ1) is 16.9. The highest BCUT2D eigenvalue weighted by Gasteiger charge is 2.38. The summed E-state index contributed by atoms with van der Waals surface area (Å²) >= 11 is 0. The van der Waals surface area contributed by atoms with Gasteiger partial charge in [-0.05, 0) is 62.4 Å². The maximum absolute atomic E-state index is 12.0. The molecule has 1 aromatic carbocycles. The zero-order chi connectivity index (χ0) is 24.5. The summed E-state index contributed by atoms with van der Waals surface area (Å²) in [4.78, 5) is 19.1. The number of carboxylic acids is 1. The Morgan fingerprint density at radius 3 is 2.51 bits per heavy atom. The maximum Gasteiger partial charge on any atom is 0.336 e. The molecule has 8 heteroatoms. The van der Waals surface area contributed by atoms with Crippen LogP contribution >= 0.6 is 0 Å². The molecule has 2 aromatic heterocycles. The molecular weight excluding hydrogens is 442 g/mol. The minimum Gasteiger partial charge on any atom is -0.497 e. The summed E-state index contributed by atoms with van der Waals surface area (Å²) < 4.78 is 7.08. The standard InChI is InChI=1S/C27H35N5O3/c1-17-12-20-14-19(15-21(13-17)31(20)2)28-11-9-24-25-23(27(33)34)8-10-29-26(25)32(30-24)16-18-4-6-22(35-3)7-5-18/h4-8,10,17,19-21,28H,9,11-16H2,1-3H3,(H,33,34). The normalized spacial score (nSPS) is 24.5. The maximum atomic E-state index is 12.0. The van der Waals surface area contributed by atoms with Gasteiger partial charge in [-0.25, -0.2) is 14.5 Å². The number of fused-ring (bicyclic) bond motifs is 3. The molecule has 186 valence electrons. The number of benzene rings is 1. The first kappa shape index (κ1) is 23.8. The van der Waals surface area contributed by atoms with Crippen LogP contribution in [-0.4, -0.2) is 69.6 Å². The molecule has 5 rings (SSSR count). The lowest BCUT2D eigenvalue weighted by Crippen LogP contribution is -2.56. The summed E-state index contributed by atoms with van der Waals surface area (Å²) in [6.07, 6.45) is 7.12. The van der Waals surface area contributed by atoms with Crippen molar-refractivity contribution in [3.63, 3.8) is 0 Å². The predicted octanol–water partition coefficient (Wildman–Crippen LogP) is 3.58. The summed E-state index contributed by atoms with van der Waals surface area (Å²) in [7, 11) is 3.92. The van der Waals surface area contributed by atoms with Gasteiger partial charge < -0.3 is 20.1 Å². The van der Waals surface area contributed by atoms with Crippen LogP contribution in [0.1, 0.15) is 54.2 Å². The number of nitrogens with one attached hydrogen (secondary N) is 1. The predicted molar refractivity (Wildman–Crippen MR) is 135 cm³/mol. The fourth-order valence-corrected chi connectivity index (χ4v) is 6.04. The van der Waals surface area contributed by atoms with E-state index in [1.165, 1.54) is 25.7 Å². The number of methoxy groups -OCH3 is 1. The van der Waals surface area contributed by atoms with Crippen molar-refractivity contribution in [2.45, 2.75) is 63.7 Å². The van der Waals surface area contributed by atoms with E-state index in [1.54, 1.807) is 19.4 Å². The highest BCUT2D eigenvalue weighted by Crippen LogP contribution is 2.35. The average Bonchev–Trinajstić information content (AvgIpc) is 3.18. The summed E-state index contributed by atoms with van der Waals surface area (Å²) in [5.74, 6) is 0.655. The summed E-state index contributed by atoms with van der Waals surface area (Å²) in [5.41, 5.74) is 2.70. The van der Waals surface area contributed by atoms with E-state index < -0.39 is 5.97 Å². The highest BCUT2D eigenvalue weighted by atomic mass is 16.5. The van der Waals surface area contributed by atoms with Crippen LogP contribution < -0.4 is 10.1 Å². The smallest absolute Gasteiger partial charge is 0.336 e. The lowest BCUT2D eigenvalue weighted by molar-refractivity contribution is 0.0256. The average molecular weight is 478 g/mol. The quantitative estimate of drug-likeness (QED) is 0.512. The number of piperidine rings is 2. The number of carbonyl (C=O) groups is 1. The fourth-order valence-electron chi connectivity index (χ4n) is 6.04. The third kappa shape index (κ3) is 4.90. The zero-order valence-corrected chi connectivity index (χ0v) is 20.8. The Hall–Kier alpha value is -2.97. The first-order valence-electron chi connectivity index (χ1n) is 12.6. The minimum atomic E-state index is -0.951. The van der Waals surface area contributed by atoms with Crippen LogP contribution in [0.3, 0.4) is 0 Å². The van der Waals surface area contributed by atoms with Crippen LogP contribution in [-0.2, 0) is 13.0 Å². The van der Waals surface area contributed by atoms with Gasteiger partial charge in [0, 0.05) is 37.3 Å². The summed E-state index contributed by atoms with van der Waals surface area (Å²) in [6.45, 7) is 3.66. The monoisotopic (exact) mass is 477 g/mol. The molecule has 4 heterocycles. The van der Waals surface area contributed by atoms with E-state index in [0.29, 0.717) is 42.1 Å². The van der Waals surface area contributed by atoms with Crippen LogP contribution in [0.25, 0.3) is 11.0 Å². The van der Waals surface area contributed by atoms with Crippen molar-refractivity contribution in [3.05, 3.63) is 53.3 Å². The molecule has 8 nitrogen and oxygen atoms in total. The second-order valence-electron chi connectivity index (χ2n) is 10.2. The number of ether oxygens (including phenoxy) is 1. The van der Waals surface area contributed by atoms with Crippen molar-refractivity contribution in [3.8, 4) is 5.75 Å². The van der Waals surface area contributed by atoms with Crippen LogP contribution in [0.4, 0.5) is 0 Å². The van der Waals surface area contributed by atoms with E-state index >= 15 is 0 Å². The van der Waals surface area contributed by atoms with Crippen molar-refractivity contribution in [1.29, 1.82) is 0 Å². The minimum absolute atomic E-state index is 0.258. The Kier molecular flexibility index (Phi) is 6.75. The van der Waals surface area contributed by atoms with Gasteiger partial charge in [-0.15, -0.1) is 0 Å². The van der Waals surface area contributed by atoms with Crippen molar-refractivity contribution in [2.75, 3.05) is 20.7 Å². The first-order valence-corrected chi connectivity index (χ1v) is 12.6. The highest BCUT2D eigenvalue weighted by molar-refractivity contribution is 6.02. The fraction of sp³-hybridized carbons (Fsp3) is 0.519. The third-order valence-corrected chi connectivity index (χ3v) is 7.84. The molecule has 0 radical (unpaired) electrons. The molecule has 0 saturated carbocycles. The lowest BCUT2D eigenvalue weighted by Gasteiger charge is -2.49. The molecule has 3 aromatic rings. The second kappa shape index (κ2) is 9.95. The van der Waals surface area contributed by atoms with Gasteiger partial charge in [0.25, 0.3) is 0 Å². The number of carboxylic acid groups (broad SMARTS) is 1. The number of hydrogen-bond donors (Lipinski definition) is 2. The molecule has 2 fully saturated rings. The van der Waals surface area contributed by atoms with Crippen molar-refractivity contribution >= 4 is 17.0 Å². The Balaban J connectivity index is 1.34. The van der Waals surface area contributed by atoms with Crippen LogP contribution in [0.5, 0.6) is 5.75 Å². The molecule has 2 atom stereocenters. The Labute approximate surface area is 206 Å². The Bertz CT molecular complexity index is 1180. The molecule has 2 aliphatic rings. The topological polar surface area (TPSA) is 92.5 Å². The van der Waals surface area contributed by atoms with Crippen molar-refractivity contribution in [1.82, 2.24) is 25.0 Å². The van der Waals surface area contributed by atoms with E-state index in [2.05, 4.69) is 29.2 Å². The number of nitrogens with zero attached hydrogens (tertiary/aromatic N) is 4. The van der Waals surface area contributed by atoms with E-state index in [9.17, 15) is 9.90 Å². The van der Waals surface area contributed by atoms with Crippen LogP contribution in [0.2, 0.25) is 0 Å². The lowest BCUT2D eigenvalue weighted by atomic mass is 9.77. The molecule has 2 N–H and O–H groups in total. The zero-order valence-electron chi connectivity index (χ0n) is 20.8. The third-order valence-electron chi connectivity index (χ3n) is 7.84. The van der Waals surface area contributed by atoms with Gasteiger partial charge in [0.15, 0.2) is 5.65 Å². The molecule has 0 aliphatic carbocycles. The SMILES string of the molecule is COc1ccc(Cn2nc(CCNC3CC4CC(C)CC(C3)N4C)c3c(C(=O)O)ccnc32)cc1. The van der Waals surface area contributed by atoms with Crippen molar-refractivity contribution < 1.29 is 14.6 Å². The Morgan fingerprint density at radius 2 is 1.86 bits per heavy atom. The van der Waals surface area contributed by atoms with Gasteiger partial charge in [0.05, 0.1) is 30.3 Å². The second-order valence-corrected chi connectivity index (χ2v) is 10.2. The molecule has 35 heavy (non-hydrogen) atoms. The number of hydrogen-bond acceptors (Lipinski definition) is 6. The van der Waals surface area contributed by atoms with Gasteiger partial charge in [-0.3, -0.25) is 0 Å². The van der Waals surface area contributed by atoms with Crippen molar-refractivity contribution in [2.24, 2.45) is 5.92 Å². The molecule has 0 amide bonds. The molecule has 2 unspecified atom stereocenters. The summed E-state index contributed by atoms with van der Waals surface area (Å²) in [6, 6.07) is 11.2. The molecule has 2 saturated heterocycles. The van der Waals surface area contributed by atoms with Gasteiger partial charge >= 0.3 is 5.97 Å². The van der Waals surface area contributed by atoms with Crippen LogP contribution in [0.15, 0.2) is 36.5 Å². The number of rotatable bonds is 8. The molecular formula is C27H35N5O3. The number of pyridine rings is 1. The Morgan fingerprint density at radius 1 is 1.14 bits per heavy atom. The largest absolute Gasteiger partial charge is 0.497 e. The molecule has 2 bridgehead atoms. The number of aromatic nitrogens is 3. The van der Waals surface area contributed by atoms with E-state index in [-0.39, 0.29) is 5.56 Å². The van der Waals surface area contributed by atoms with E-state index in [1.807, 2.05) is 28.9 Å². The molecule has 2 aliphatic heterocycles. The van der Waals surface area contributed by atoms with Gasteiger partial charge in [0.1, 0.15) is 5.75 Å². The van der Waals surface area contributed by atoms with Gasteiger partial charge in [-0.2, -0.15) is 5.10 Å². The van der Waals surface area contributed by atoms with Gasteiger partial charge in [-0.1, -0.05) is 19.1 Å². The van der Waals surface area contributed by atoms with Crippen LogP contribution in [0, 0.1) is 5.92 Å². The van der Waals surface area contributed by atoms with E-state index in [0.717, 1.165) is 29.5 Å². The van der Waals surface area contributed by atoms with Gasteiger partial charge in [0.2, 0.25) is 0 Å². The summed E-state index contributed by atoms with van der Waals surface area (Å²) in [5, 5.41) is 19.1.